The summed E-state index contributed by atoms with van der Waals surface area (Å²) in [5.41, 5.74) is 6.00. The molecule has 0 amide bonds. The Morgan fingerprint density at radius 1 is 0.949 bits per heavy atom. The van der Waals surface area contributed by atoms with Gasteiger partial charge < -0.3 is 18.9 Å². The van der Waals surface area contributed by atoms with E-state index in [0.29, 0.717) is 36.4 Å². The van der Waals surface area contributed by atoms with Crippen LogP contribution in [0.4, 0.5) is 0 Å². The molecule has 4 aliphatic carbocycles. The Morgan fingerprint density at radius 2 is 1.59 bits per heavy atom. The van der Waals surface area contributed by atoms with Crippen molar-refractivity contribution >= 4 is 6.29 Å². The summed E-state index contributed by atoms with van der Waals surface area (Å²) in [4.78, 5) is 12.6. The third kappa shape index (κ3) is 5.72. The zero-order chi connectivity index (χ0) is 28.6. The van der Waals surface area contributed by atoms with E-state index in [2.05, 4.69) is 40.7 Å². The van der Waals surface area contributed by atoms with Crippen LogP contribution < -0.4 is 0 Å². The summed E-state index contributed by atoms with van der Waals surface area (Å²) >= 11 is 0. The van der Waals surface area contributed by atoms with Crippen molar-refractivity contribution in [3.63, 3.8) is 0 Å². The number of hydrogen-bond donors (Lipinski definition) is 0. The maximum absolute atomic E-state index is 12.6. The minimum absolute atomic E-state index is 0.122. The average Bonchev–Trinajstić information content (AvgIpc) is 3.21. The van der Waals surface area contributed by atoms with E-state index < -0.39 is 18.4 Å². The van der Waals surface area contributed by atoms with Crippen molar-refractivity contribution < 1.29 is 23.7 Å². The number of aldehydes is 1. The molecule has 0 aliphatic heterocycles. The van der Waals surface area contributed by atoms with Gasteiger partial charge in [0.2, 0.25) is 5.79 Å². The SMILES string of the molecule is CCOC(C)OC(C=O)(C[C@@H](C)[C@H]1CC=C2C3=C(CC[C@@]21C)[C@@]1(C)CCCC(C)(C)C1CC3)OC(C)OCC. The molecule has 0 heterocycles. The largest absolute Gasteiger partial charge is 0.353 e. The molecule has 0 N–H and O–H groups in total. The number of fused-ring (bicyclic) bond motifs is 4. The molecule has 0 aromatic carbocycles. The number of hydrogen-bond acceptors (Lipinski definition) is 5. The topological polar surface area (TPSA) is 54.0 Å². The Bertz CT molecular complexity index is 935. The second-order valence-corrected chi connectivity index (χ2v) is 14.1. The normalized spacial score (nSPS) is 35.7. The highest BCUT2D eigenvalue weighted by atomic mass is 16.8. The van der Waals surface area contributed by atoms with Gasteiger partial charge in [0.25, 0.3) is 0 Å². The van der Waals surface area contributed by atoms with E-state index in [1.807, 2.05) is 27.7 Å². The third-order valence-corrected chi connectivity index (χ3v) is 11.2. The van der Waals surface area contributed by atoms with Crippen LogP contribution in [0, 0.1) is 34.0 Å². The molecule has 3 unspecified atom stereocenters. The molecule has 4 aliphatic rings. The van der Waals surface area contributed by atoms with E-state index in [9.17, 15) is 4.79 Å². The maximum Gasteiger partial charge on any atom is 0.230 e. The van der Waals surface area contributed by atoms with Crippen molar-refractivity contribution in [2.75, 3.05) is 13.2 Å². The fourth-order valence-electron chi connectivity index (χ4n) is 9.60. The van der Waals surface area contributed by atoms with Gasteiger partial charge in [0.15, 0.2) is 18.9 Å². The highest BCUT2D eigenvalue weighted by Crippen LogP contribution is 2.66. The Morgan fingerprint density at radius 3 is 2.18 bits per heavy atom. The summed E-state index contributed by atoms with van der Waals surface area (Å²) in [6.45, 7) is 20.9. The fourth-order valence-corrected chi connectivity index (χ4v) is 9.60. The summed E-state index contributed by atoms with van der Waals surface area (Å²) in [5, 5.41) is 0. The third-order valence-electron chi connectivity index (χ3n) is 11.2. The lowest BCUT2D eigenvalue weighted by atomic mass is 9.47. The lowest BCUT2D eigenvalue weighted by molar-refractivity contribution is -0.329. The number of carbonyl (C=O) groups excluding carboxylic acids is 1. The van der Waals surface area contributed by atoms with Crippen molar-refractivity contribution in [3.8, 4) is 0 Å². The van der Waals surface area contributed by atoms with E-state index in [4.69, 9.17) is 18.9 Å². The summed E-state index contributed by atoms with van der Waals surface area (Å²) in [6, 6.07) is 0. The van der Waals surface area contributed by atoms with Gasteiger partial charge in [-0.25, -0.2) is 0 Å². The Hall–Kier alpha value is -1.01. The van der Waals surface area contributed by atoms with Gasteiger partial charge in [0.1, 0.15) is 0 Å². The predicted molar refractivity (Wildman–Crippen MR) is 156 cm³/mol. The van der Waals surface area contributed by atoms with E-state index in [0.717, 1.165) is 18.6 Å². The molecule has 5 heteroatoms. The molecule has 4 rings (SSSR count). The van der Waals surface area contributed by atoms with Crippen LogP contribution in [0.15, 0.2) is 22.8 Å². The molecule has 0 spiro atoms. The standard InChI is InChI=1S/C34H56O5/c1-10-36-24(4)38-34(22-35,39-25(5)37-11-2)21-23(3)27-14-15-28-26-13-16-30-31(6,7)18-12-19-33(30,9)29(26)17-20-32(27,28)8/h15,22-25,27,30H,10-14,16-21H2,1-9H3/t23-,24?,25?,27-,30?,32-,33-,34?/m1/s1. The predicted octanol–water partition coefficient (Wildman–Crippen LogP) is 8.38. The minimum atomic E-state index is -1.40. The second-order valence-electron chi connectivity index (χ2n) is 14.1. The molecule has 0 aromatic rings. The van der Waals surface area contributed by atoms with Crippen LogP contribution in [0.2, 0.25) is 0 Å². The van der Waals surface area contributed by atoms with Gasteiger partial charge >= 0.3 is 0 Å². The van der Waals surface area contributed by atoms with Crippen LogP contribution in [0.25, 0.3) is 0 Å². The number of allylic oxidation sites excluding steroid dienone is 4. The van der Waals surface area contributed by atoms with Crippen LogP contribution in [-0.2, 0) is 23.7 Å². The van der Waals surface area contributed by atoms with Crippen LogP contribution in [-0.4, -0.2) is 37.9 Å². The molecule has 0 aromatic heterocycles. The average molecular weight is 545 g/mol. The lowest BCUT2D eigenvalue weighted by Crippen LogP contribution is -2.48. The zero-order valence-electron chi connectivity index (χ0n) is 26.4. The number of ether oxygens (including phenoxy) is 4. The van der Waals surface area contributed by atoms with Crippen LogP contribution in [0.5, 0.6) is 0 Å². The smallest absolute Gasteiger partial charge is 0.230 e. The highest BCUT2D eigenvalue weighted by Gasteiger charge is 2.56. The Balaban J connectivity index is 1.58. The van der Waals surface area contributed by atoms with E-state index in [1.165, 1.54) is 44.9 Å². The molecule has 7 atom stereocenters. The summed E-state index contributed by atoms with van der Waals surface area (Å²) < 4.78 is 23.7. The van der Waals surface area contributed by atoms with Gasteiger partial charge in [-0.15, -0.1) is 0 Å². The van der Waals surface area contributed by atoms with Gasteiger partial charge in [0.05, 0.1) is 0 Å². The first-order valence-corrected chi connectivity index (χ1v) is 15.8. The van der Waals surface area contributed by atoms with E-state index >= 15 is 0 Å². The first-order valence-electron chi connectivity index (χ1n) is 15.8. The Kier molecular flexibility index (Phi) is 9.28. The number of carbonyl (C=O) groups is 1. The van der Waals surface area contributed by atoms with Gasteiger partial charge in [-0.1, -0.05) is 52.7 Å². The molecule has 1 saturated carbocycles. The van der Waals surface area contributed by atoms with Crippen molar-refractivity contribution in [2.45, 2.75) is 138 Å². The maximum atomic E-state index is 12.6. The minimum Gasteiger partial charge on any atom is -0.353 e. The van der Waals surface area contributed by atoms with Crippen LogP contribution in [0.1, 0.15) is 120 Å². The van der Waals surface area contributed by atoms with Crippen molar-refractivity contribution in [1.29, 1.82) is 0 Å². The number of rotatable bonds is 12. The second kappa shape index (κ2) is 11.7. The summed E-state index contributed by atoms with van der Waals surface area (Å²) in [7, 11) is 0. The molecule has 0 radical (unpaired) electrons. The summed E-state index contributed by atoms with van der Waals surface area (Å²) in [6.07, 6.45) is 12.8. The van der Waals surface area contributed by atoms with Crippen molar-refractivity contribution in [3.05, 3.63) is 22.8 Å². The Labute approximate surface area is 238 Å². The van der Waals surface area contributed by atoms with Gasteiger partial charge in [-0.2, -0.15) is 0 Å². The van der Waals surface area contributed by atoms with Crippen LogP contribution in [0.3, 0.4) is 0 Å². The molecule has 1 fully saturated rings. The zero-order valence-corrected chi connectivity index (χ0v) is 26.4. The van der Waals surface area contributed by atoms with E-state index in [-0.39, 0.29) is 11.3 Å². The van der Waals surface area contributed by atoms with Crippen molar-refractivity contribution in [2.24, 2.45) is 34.0 Å². The van der Waals surface area contributed by atoms with Crippen molar-refractivity contribution in [1.82, 2.24) is 0 Å². The van der Waals surface area contributed by atoms with Gasteiger partial charge in [-0.05, 0) is 118 Å². The summed E-state index contributed by atoms with van der Waals surface area (Å²) in [5.74, 6) is 0.0475. The quantitative estimate of drug-likeness (QED) is 0.182. The highest BCUT2D eigenvalue weighted by molar-refractivity contribution is 5.60. The van der Waals surface area contributed by atoms with E-state index in [1.54, 1.807) is 16.7 Å². The molecule has 222 valence electrons. The molecular formula is C34H56O5. The fraction of sp³-hybridized carbons (Fsp3) is 0.853. The van der Waals surface area contributed by atoms with Gasteiger partial charge in [0, 0.05) is 19.6 Å². The molecule has 0 saturated heterocycles. The first-order chi connectivity index (χ1) is 18.4. The monoisotopic (exact) mass is 544 g/mol. The molecular weight excluding hydrogens is 488 g/mol. The lowest BCUT2D eigenvalue weighted by Gasteiger charge is -2.58. The van der Waals surface area contributed by atoms with Crippen LogP contribution >= 0.6 is 0 Å². The first kappa shape index (κ1) is 30.9. The molecule has 39 heavy (non-hydrogen) atoms. The van der Waals surface area contributed by atoms with Gasteiger partial charge in [-0.3, -0.25) is 4.79 Å². The molecule has 5 nitrogen and oxygen atoms in total. The molecule has 0 bridgehead atoms.